The van der Waals surface area contributed by atoms with Gasteiger partial charge in [-0.05, 0) is 43.7 Å². The fourth-order valence-electron chi connectivity index (χ4n) is 4.26. The summed E-state index contributed by atoms with van der Waals surface area (Å²) in [6.45, 7) is 0. The van der Waals surface area contributed by atoms with E-state index in [1.165, 1.54) is 5.56 Å². The highest BCUT2D eigenvalue weighted by molar-refractivity contribution is 9.10. The molecule has 0 N–H and O–H groups in total. The SMILES string of the molecule is O=C(CCc1ccccc1Br)N1C2CCC1CC(n1ccnn1)C2. The van der Waals surface area contributed by atoms with Crippen LogP contribution in [0.3, 0.4) is 0 Å². The average Bonchev–Trinajstić information content (AvgIpc) is 3.21. The van der Waals surface area contributed by atoms with E-state index in [-0.39, 0.29) is 0 Å². The third-order valence-corrected chi connectivity index (χ3v) is 6.15. The summed E-state index contributed by atoms with van der Waals surface area (Å²) in [4.78, 5) is 15.0. The molecule has 2 aliphatic rings. The number of fused-ring (bicyclic) bond motifs is 2. The van der Waals surface area contributed by atoms with E-state index in [2.05, 4.69) is 37.2 Å². The van der Waals surface area contributed by atoms with E-state index in [4.69, 9.17) is 0 Å². The van der Waals surface area contributed by atoms with Crippen LogP contribution in [0, 0.1) is 0 Å². The largest absolute Gasteiger partial charge is 0.337 e. The Morgan fingerprint density at radius 2 is 1.92 bits per heavy atom. The van der Waals surface area contributed by atoms with Crippen molar-refractivity contribution in [2.45, 2.75) is 56.7 Å². The molecular formula is C18H21BrN4O. The molecule has 2 aliphatic heterocycles. The minimum Gasteiger partial charge on any atom is -0.337 e. The number of piperidine rings is 1. The summed E-state index contributed by atoms with van der Waals surface area (Å²) in [6.07, 6.45) is 9.30. The second-order valence-electron chi connectivity index (χ2n) is 6.79. The van der Waals surface area contributed by atoms with Gasteiger partial charge >= 0.3 is 0 Å². The van der Waals surface area contributed by atoms with Gasteiger partial charge in [-0.15, -0.1) is 5.10 Å². The van der Waals surface area contributed by atoms with E-state index in [1.54, 1.807) is 6.20 Å². The van der Waals surface area contributed by atoms with Gasteiger partial charge < -0.3 is 4.90 Å². The molecule has 2 bridgehead atoms. The van der Waals surface area contributed by atoms with E-state index in [0.29, 0.717) is 30.5 Å². The van der Waals surface area contributed by atoms with Crippen molar-refractivity contribution in [1.82, 2.24) is 19.9 Å². The molecule has 0 spiro atoms. The molecule has 3 heterocycles. The van der Waals surface area contributed by atoms with Gasteiger partial charge in [0.05, 0.1) is 12.2 Å². The highest BCUT2D eigenvalue weighted by Gasteiger charge is 2.43. The normalized spacial score (nSPS) is 25.9. The first-order valence-electron chi connectivity index (χ1n) is 8.62. The van der Waals surface area contributed by atoms with Crippen LogP contribution >= 0.6 is 15.9 Å². The number of hydrogen-bond acceptors (Lipinski definition) is 3. The number of benzene rings is 1. The van der Waals surface area contributed by atoms with Crippen LogP contribution in [0.15, 0.2) is 41.1 Å². The lowest BCUT2D eigenvalue weighted by Gasteiger charge is -2.39. The van der Waals surface area contributed by atoms with Gasteiger partial charge in [-0.3, -0.25) is 4.79 Å². The van der Waals surface area contributed by atoms with Crippen LogP contribution in [0.4, 0.5) is 0 Å². The minimum atomic E-state index is 0.301. The molecule has 6 heteroatoms. The van der Waals surface area contributed by atoms with Crippen molar-refractivity contribution in [1.29, 1.82) is 0 Å². The average molecular weight is 389 g/mol. The van der Waals surface area contributed by atoms with Crippen molar-refractivity contribution in [2.75, 3.05) is 0 Å². The van der Waals surface area contributed by atoms with Crippen LogP contribution < -0.4 is 0 Å². The zero-order valence-electron chi connectivity index (χ0n) is 13.5. The number of carbonyl (C=O) groups excluding carboxylic acids is 1. The van der Waals surface area contributed by atoms with Gasteiger partial charge in [-0.2, -0.15) is 0 Å². The Labute approximate surface area is 150 Å². The molecule has 2 aromatic rings. The van der Waals surface area contributed by atoms with Gasteiger partial charge in [0.2, 0.25) is 5.91 Å². The first kappa shape index (κ1) is 15.8. The van der Waals surface area contributed by atoms with Crippen molar-refractivity contribution < 1.29 is 4.79 Å². The van der Waals surface area contributed by atoms with Crippen LogP contribution in [0.2, 0.25) is 0 Å². The number of hydrogen-bond donors (Lipinski definition) is 0. The monoisotopic (exact) mass is 388 g/mol. The second-order valence-corrected chi connectivity index (χ2v) is 7.64. The molecule has 1 aromatic carbocycles. The quantitative estimate of drug-likeness (QED) is 0.806. The van der Waals surface area contributed by atoms with Crippen LogP contribution in [-0.4, -0.2) is 37.9 Å². The number of halogens is 1. The van der Waals surface area contributed by atoms with E-state index in [1.807, 2.05) is 29.1 Å². The van der Waals surface area contributed by atoms with Gasteiger partial charge in [0, 0.05) is 29.2 Å². The van der Waals surface area contributed by atoms with Crippen molar-refractivity contribution in [3.8, 4) is 0 Å². The summed E-state index contributed by atoms with van der Waals surface area (Å²) in [5.41, 5.74) is 1.20. The predicted octanol–water partition coefficient (Wildman–Crippen LogP) is 3.37. The smallest absolute Gasteiger partial charge is 0.223 e. The third kappa shape index (κ3) is 2.99. The van der Waals surface area contributed by atoms with Crippen molar-refractivity contribution in [3.05, 3.63) is 46.7 Å². The summed E-state index contributed by atoms with van der Waals surface area (Å²) in [5.74, 6) is 0.301. The second kappa shape index (κ2) is 6.67. The zero-order chi connectivity index (χ0) is 16.5. The molecule has 0 aliphatic carbocycles. The molecule has 2 unspecified atom stereocenters. The fraction of sp³-hybridized carbons (Fsp3) is 0.500. The maximum Gasteiger partial charge on any atom is 0.223 e. The Bertz CT molecular complexity index is 704. The number of carbonyl (C=O) groups is 1. The van der Waals surface area contributed by atoms with Gasteiger partial charge in [0.15, 0.2) is 0 Å². The standard InChI is InChI=1S/C18H21BrN4O/c19-17-4-2-1-3-13(17)5-8-18(24)23-14-6-7-15(23)12-16(11-14)22-10-9-20-21-22/h1-4,9-10,14-16H,5-8,11-12H2. The van der Waals surface area contributed by atoms with E-state index < -0.39 is 0 Å². The number of rotatable bonds is 4. The first-order chi connectivity index (χ1) is 11.7. The molecule has 2 fully saturated rings. The summed E-state index contributed by atoms with van der Waals surface area (Å²) in [6, 6.07) is 9.27. The number of aryl methyl sites for hydroxylation is 1. The lowest BCUT2D eigenvalue weighted by molar-refractivity contribution is -0.136. The Morgan fingerprint density at radius 1 is 1.17 bits per heavy atom. The van der Waals surface area contributed by atoms with E-state index in [9.17, 15) is 4.79 Å². The number of aromatic nitrogens is 3. The van der Waals surface area contributed by atoms with E-state index >= 15 is 0 Å². The number of amides is 1. The maximum atomic E-state index is 12.8. The molecule has 0 saturated carbocycles. The van der Waals surface area contributed by atoms with Crippen LogP contribution in [0.5, 0.6) is 0 Å². The Morgan fingerprint density at radius 3 is 2.58 bits per heavy atom. The molecule has 5 nitrogen and oxygen atoms in total. The molecule has 1 amide bonds. The summed E-state index contributed by atoms with van der Waals surface area (Å²) in [7, 11) is 0. The molecule has 2 saturated heterocycles. The summed E-state index contributed by atoms with van der Waals surface area (Å²) >= 11 is 3.57. The summed E-state index contributed by atoms with van der Waals surface area (Å²) in [5, 5.41) is 8.07. The molecular weight excluding hydrogens is 368 g/mol. The van der Waals surface area contributed by atoms with Gasteiger partial charge in [0.25, 0.3) is 0 Å². The van der Waals surface area contributed by atoms with Crippen molar-refractivity contribution in [2.24, 2.45) is 0 Å². The molecule has 24 heavy (non-hydrogen) atoms. The van der Waals surface area contributed by atoms with Crippen molar-refractivity contribution in [3.63, 3.8) is 0 Å². The highest BCUT2D eigenvalue weighted by Crippen LogP contribution is 2.40. The predicted molar refractivity (Wildman–Crippen MR) is 94.4 cm³/mol. The van der Waals surface area contributed by atoms with Crippen LogP contribution in [-0.2, 0) is 11.2 Å². The lowest BCUT2D eigenvalue weighted by Crippen LogP contribution is -2.47. The molecule has 126 valence electrons. The highest BCUT2D eigenvalue weighted by atomic mass is 79.9. The van der Waals surface area contributed by atoms with Gasteiger partial charge in [0.1, 0.15) is 0 Å². The third-order valence-electron chi connectivity index (χ3n) is 5.38. The van der Waals surface area contributed by atoms with Crippen LogP contribution in [0.1, 0.15) is 43.7 Å². The Hall–Kier alpha value is -1.69. The zero-order valence-corrected chi connectivity index (χ0v) is 15.1. The van der Waals surface area contributed by atoms with Crippen molar-refractivity contribution >= 4 is 21.8 Å². The Balaban J connectivity index is 1.40. The Kier molecular flexibility index (Phi) is 4.39. The maximum absolute atomic E-state index is 12.8. The molecule has 4 rings (SSSR count). The van der Waals surface area contributed by atoms with Gasteiger partial charge in [-0.25, -0.2) is 4.68 Å². The minimum absolute atomic E-state index is 0.301. The topological polar surface area (TPSA) is 51.0 Å². The van der Waals surface area contributed by atoms with E-state index in [0.717, 1.165) is 36.6 Å². The van der Waals surface area contributed by atoms with Crippen LogP contribution in [0.25, 0.3) is 0 Å². The number of nitrogens with zero attached hydrogens (tertiary/aromatic N) is 4. The summed E-state index contributed by atoms with van der Waals surface area (Å²) < 4.78 is 3.06. The van der Waals surface area contributed by atoms with Gasteiger partial charge in [-0.1, -0.05) is 39.3 Å². The first-order valence-corrected chi connectivity index (χ1v) is 9.42. The lowest BCUT2D eigenvalue weighted by atomic mass is 9.96. The molecule has 1 aromatic heterocycles. The molecule has 0 radical (unpaired) electrons. The fourth-order valence-corrected chi connectivity index (χ4v) is 4.74. The molecule has 2 atom stereocenters.